The van der Waals surface area contributed by atoms with Gasteiger partial charge in [-0.05, 0) is 126 Å². The van der Waals surface area contributed by atoms with E-state index in [0.29, 0.717) is 0 Å². The van der Waals surface area contributed by atoms with E-state index in [2.05, 4.69) is 289 Å². The highest BCUT2D eigenvalue weighted by Crippen LogP contribution is 2.57. The van der Waals surface area contributed by atoms with Crippen LogP contribution in [0.1, 0.15) is 22.3 Å². The Kier molecular flexibility index (Phi) is 9.47. The maximum Gasteiger partial charge on any atom is 0.0714 e. The van der Waals surface area contributed by atoms with Crippen molar-refractivity contribution in [3.63, 3.8) is 0 Å². The molecule has 1 aliphatic carbocycles. The number of anilines is 3. The van der Waals surface area contributed by atoms with Crippen LogP contribution in [-0.2, 0) is 5.41 Å². The Morgan fingerprint density at radius 2 is 0.817 bits per heavy atom. The highest BCUT2D eigenvalue weighted by Gasteiger charge is 2.46. The smallest absolute Gasteiger partial charge is 0.0714 e. The Hall–Kier alpha value is -9.24. The number of aromatic nitrogens is 1. The van der Waals surface area contributed by atoms with Crippen LogP contribution in [0.2, 0.25) is 0 Å². The molecule has 0 saturated heterocycles. The SMILES string of the molecule is c1ccc(-n2c3cc(-c4ccc(N(c5ccc(-c6cccc7ccccc67)cc5)c5ccc6c(c5)C(c5ccccc5)(c5ccccc5)c5ccccc5-6)cc4)ccc3c3ccc4ccccc4c32)cc1. The molecule has 0 fully saturated rings. The van der Waals surface area contributed by atoms with Crippen molar-refractivity contribution in [2.75, 3.05) is 4.90 Å². The van der Waals surface area contributed by atoms with Crippen molar-refractivity contribution in [2.45, 2.75) is 5.41 Å². The molecule has 0 atom stereocenters. The molecule has 14 rings (SSSR count). The zero-order chi connectivity index (χ0) is 46.9. The second-order valence-electron chi connectivity index (χ2n) is 18.8. The fraction of sp³-hybridized carbons (Fsp3) is 0.0145. The van der Waals surface area contributed by atoms with Crippen LogP contribution in [0.25, 0.3) is 82.4 Å². The predicted molar refractivity (Wildman–Crippen MR) is 299 cm³/mol. The number of rotatable bonds is 8. The number of hydrogen-bond acceptors (Lipinski definition) is 1. The molecule has 0 saturated carbocycles. The van der Waals surface area contributed by atoms with Crippen molar-refractivity contribution in [3.8, 4) is 39.1 Å². The van der Waals surface area contributed by atoms with Gasteiger partial charge < -0.3 is 9.47 Å². The van der Waals surface area contributed by atoms with Gasteiger partial charge in [-0.15, -0.1) is 0 Å². The van der Waals surface area contributed by atoms with Crippen LogP contribution >= 0.6 is 0 Å². The van der Waals surface area contributed by atoms with Crippen molar-refractivity contribution >= 4 is 60.4 Å². The van der Waals surface area contributed by atoms with E-state index >= 15 is 0 Å². The third-order valence-electron chi connectivity index (χ3n) is 15.1. The van der Waals surface area contributed by atoms with Crippen molar-refractivity contribution < 1.29 is 0 Å². The normalized spacial score (nSPS) is 12.6. The minimum Gasteiger partial charge on any atom is -0.310 e. The minimum atomic E-state index is -0.522. The summed E-state index contributed by atoms with van der Waals surface area (Å²) in [6.45, 7) is 0. The first-order valence-electron chi connectivity index (χ1n) is 24.6. The lowest BCUT2D eigenvalue weighted by atomic mass is 9.67. The lowest BCUT2D eigenvalue weighted by Gasteiger charge is -2.35. The molecular weight excluding hydrogens is 857 g/mol. The molecular formula is C69H46N2. The van der Waals surface area contributed by atoms with Crippen LogP contribution in [0.5, 0.6) is 0 Å². The molecule has 0 bridgehead atoms. The van der Waals surface area contributed by atoms with Gasteiger partial charge in [-0.2, -0.15) is 0 Å². The lowest BCUT2D eigenvalue weighted by molar-refractivity contribution is 0.768. The molecule has 2 heteroatoms. The summed E-state index contributed by atoms with van der Waals surface area (Å²) >= 11 is 0. The Morgan fingerprint density at radius 1 is 0.296 bits per heavy atom. The van der Waals surface area contributed by atoms with E-state index in [9.17, 15) is 0 Å². The largest absolute Gasteiger partial charge is 0.310 e. The summed E-state index contributed by atoms with van der Waals surface area (Å²) in [6.07, 6.45) is 0. The summed E-state index contributed by atoms with van der Waals surface area (Å²) in [5.74, 6) is 0. The first-order valence-corrected chi connectivity index (χ1v) is 24.6. The molecule has 71 heavy (non-hydrogen) atoms. The van der Waals surface area contributed by atoms with Crippen molar-refractivity contribution in [2.24, 2.45) is 0 Å². The van der Waals surface area contributed by atoms with Gasteiger partial charge in [0, 0.05) is 38.9 Å². The molecule has 0 unspecified atom stereocenters. The number of benzene rings is 12. The van der Waals surface area contributed by atoms with Gasteiger partial charge in [-0.3, -0.25) is 0 Å². The second-order valence-corrected chi connectivity index (χ2v) is 18.8. The third kappa shape index (κ3) is 6.42. The summed E-state index contributed by atoms with van der Waals surface area (Å²) in [6, 6.07) is 103. The van der Waals surface area contributed by atoms with Crippen LogP contribution in [0.3, 0.4) is 0 Å². The van der Waals surface area contributed by atoms with E-state index in [1.807, 2.05) is 0 Å². The van der Waals surface area contributed by atoms with Gasteiger partial charge in [-0.25, -0.2) is 0 Å². The molecule has 1 heterocycles. The Morgan fingerprint density at radius 3 is 1.54 bits per heavy atom. The molecule has 0 spiro atoms. The number of fused-ring (bicyclic) bond motifs is 9. The van der Waals surface area contributed by atoms with Crippen molar-refractivity contribution in [3.05, 3.63) is 301 Å². The zero-order valence-electron chi connectivity index (χ0n) is 39.0. The van der Waals surface area contributed by atoms with Gasteiger partial charge in [-0.1, -0.05) is 224 Å². The maximum atomic E-state index is 2.46. The first-order chi connectivity index (χ1) is 35.2. The molecule has 12 aromatic carbocycles. The third-order valence-corrected chi connectivity index (χ3v) is 15.1. The first kappa shape index (κ1) is 40.8. The van der Waals surface area contributed by atoms with Crippen LogP contribution in [0, 0.1) is 0 Å². The molecule has 1 aromatic heterocycles. The number of para-hydroxylation sites is 1. The molecule has 13 aromatic rings. The van der Waals surface area contributed by atoms with Gasteiger partial charge >= 0.3 is 0 Å². The fourth-order valence-electron chi connectivity index (χ4n) is 11.9. The van der Waals surface area contributed by atoms with E-state index < -0.39 is 5.41 Å². The topological polar surface area (TPSA) is 8.17 Å². The predicted octanol–water partition coefficient (Wildman–Crippen LogP) is 18.3. The van der Waals surface area contributed by atoms with Crippen molar-refractivity contribution in [1.82, 2.24) is 4.57 Å². The zero-order valence-corrected chi connectivity index (χ0v) is 39.0. The van der Waals surface area contributed by atoms with E-state index in [1.165, 1.54) is 93.4 Å². The molecule has 2 nitrogen and oxygen atoms in total. The summed E-state index contributed by atoms with van der Waals surface area (Å²) in [7, 11) is 0. The average molecular weight is 903 g/mol. The second kappa shape index (κ2) is 16.5. The van der Waals surface area contributed by atoms with Gasteiger partial charge in [0.15, 0.2) is 0 Å². The average Bonchev–Trinajstić information content (AvgIpc) is 3.95. The molecule has 0 amide bonds. The van der Waals surface area contributed by atoms with Gasteiger partial charge in [0.1, 0.15) is 0 Å². The van der Waals surface area contributed by atoms with E-state index in [4.69, 9.17) is 0 Å². The molecule has 0 radical (unpaired) electrons. The lowest BCUT2D eigenvalue weighted by Crippen LogP contribution is -2.28. The Labute approximate surface area is 413 Å². The molecule has 1 aliphatic rings. The number of hydrogen-bond donors (Lipinski definition) is 0. The standard InChI is InChI=1S/C69H46N2/c1-4-20-52(21-5-1)69(53-22-6-2-7-23-53)65-30-15-14-28-61(65)62-44-41-57(46-66(62)69)70(56-39-33-50(34-40-56)59-29-16-19-48-17-10-12-26-58(48)59)55-37-31-47(32-38-55)51-36-42-63-64-43-35-49-18-11-13-27-60(49)68(64)71(67(63)45-51)54-24-8-3-9-25-54/h1-46H. The van der Waals surface area contributed by atoms with Crippen LogP contribution in [0.15, 0.2) is 279 Å². The van der Waals surface area contributed by atoms with Gasteiger partial charge in [0.25, 0.3) is 0 Å². The van der Waals surface area contributed by atoms with E-state index in [0.717, 1.165) is 28.3 Å². The molecule has 0 N–H and O–H groups in total. The Bertz CT molecular complexity index is 4090. The highest BCUT2D eigenvalue weighted by atomic mass is 15.1. The summed E-state index contributed by atoms with van der Waals surface area (Å²) < 4.78 is 2.45. The summed E-state index contributed by atoms with van der Waals surface area (Å²) in [5, 5.41) is 7.48. The quantitative estimate of drug-likeness (QED) is 0.147. The van der Waals surface area contributed by atoms with Crippen LogP contribution in [-0.4, -0.2) is 4.57 Å². The van der Waals surface area contributed by atoms with E-state index in [1.54, 1.807) is 0 Å². The summed E-state index contributed by atoms with van der Waals surface area (Å²) in [4.78, 5) is 2.43. The monoisotopic (exact) mass is 902 g/mol. The maximum absolute atomic E-state index is 2.46. The minimum absolute atomic E-state index is 0.522. The van der Waals surface area contributed by atoms with Gasteiger partial charge in [0.05, 0.1) is 16.4 Å². The highest BCUT2D eigenvalue weighted by molar-refractivity contribution is 6.19. The van der Waals surface area contributed by atoms with Crippen LogP contribution < -0.4 is 4.90 Å². The van der Waals surface area contributed by atoms with Gasteiger partial charge in [0.2, 0.25) is 0 Å². The van der Waals surface area contributed by atoms with E-state index in [-0.39, 0.29) is 0 Å². The number of nitrogens with zero attached hydrogens (tertiary/aromatic N) is 2. The molecule has 0 aliphatic heterocycles. The fourth-order valence-corrected chi connectivity index (χ4v) is 11.9. The Balaban J connectivity index is 0.940. The molecule has 332 valence electrons. The summed E-state index contributed by atoms with van der Waals surface area (Å²) in [5.41, 5.74) is 18.7. The van der Waals surface area contributed by atoms with Crippen LogP contribution in [0.4, 0.5) is 17.1 Å². The van der Waals surface area contributed by atoms with Crippen molar-refractivity contribution in [1.29, 1.82) is 0 Å².